The summed E-state index contributed by atoms with van der Waals surface area (Å²) < 4.78 is 1.87. The van der Waals surface area contributed by atoms with E-state index in [1.165, 1.54) is 0 Å². The highest BCUT2D eigenvalue weighted by Gasteiger charge is 2.34. The lowest BCUT2D eigenvalue weighted by Crippen LogP contribution is -2.35. The van der Waals surface area contributed by atoms with E-state index in [1.807, 2.05) is 72.4 Å². The molecule has 30 heavy (non-hydrogen) atoms. The van der Waals surface area contributed by atoms with Gasteiger partial charge < -0.3 is 20.1 Å². The summed E-state index contributed by atoms with van der Waals surface area (Å²) in [6.45, 7) is 3.37. The Kier molecular flexibility index (Phi) is 5.74. The van der Waals surface area contributed by atoms with Gasteiger partial charge in [0.15, 0.2) is 5.82 Å². The van der Waals surface area contributed by atoms with E-state index in [1.54, 1.807) is 4.90 Å². The molecular weight excluding hydrogens is 380 g/mol. The molecule has 3 heterocycles. The minimum absolute atomic E-state index is 0.0183. The largest absolute Gasteiger partial charge is 0.367 e. The van der Waals surface area contributed by atoms with Crippen LogP contribution < -0.4 is 15.5 Å². The Hall–Kier alpha value is -3.68. The van der Waals surface area contributed by atoms with Gasteiger partial charge in [0.05, 0.1) is 5.92 Å². The summed E-state index contributed by atoms with van der Waals surface area (Å²) in [5.74, 6) is 0.924. The van der Waals surface area contributed by atoms with Crippen LogP contribution in [-0.4, -0.2) is 46.2 Å². The molecule has 1 aliphatic heterocycles. The standard InChI is InChI=1S/C22H24N6O2/c1-16-4-6-18(7-5-16)28-15-17(14-21(28)29)22(30)24-11-10-23-19-8-9-20(26-25-19)27-12-2-3-13-27/h2-9,12-13,17H,10-11,14-15H2,1H3,(H,23,25)(H,24,30). The van der Waals surface area contributed by atoms with E-state index in [2.05, 4.69) is 20.8 Å². The van der Waals surface area contributed by atoms with Gasteiger partial charge in [-0.3, -0.25) is 9.59 Å². The lowest BCUT2D eigenvalue weighted by Gasteiger charge is -2.17. The van der Waals surface area contributed by atoms with Crippen LogP contribution in [0.2, 0.25) is 0 Å². The second kappa shape index (κ2) is 8.77. The van der Waals surface area contributed by atoms with E-state index < -0.39 is 0 Å². The van der Waals surface area contributed by atoms with Crippen molar-refractivity contribution >= 4 is 23.3 Å². The summed E-state index contributed by atoms with van der Waals surface area (Å²) >= 11 is 0. The van der Waals surface area contributed by atoms with Crippen LogP contribution in [0.25, 0.3) is 5.82 Å². The van der Waals surface area contributed by atoms with Crippen LogP contribution in [-0.2, 0) is 9.59 Å². The number of nitrogens with one attached hydrogen (secondary N) is 2. The molecule has 1 saturated heterocycles. The molecule has 1 fully saturated rings. The molecule has 2 N–H and O–H groups in total. The molecule has 1 atom stereocenters. The van der Waals surface area contributed by atoms with E-state index in [0.29, 0.717) is 25.5 Å². The number of aromatic nitrogens is 3. The first-order valence-electron chi connectivity index (χ1n) is 9.96. The van der Waals surface area contributed by atoms with Crippen LogP contribution in [0.3, 0.4) is 0 Å². The number of hydrogen-bond acceptors (Lipinski definition) is 5. The molecule has 1 aliphatic rings. The molecule has 1 unspecified atom stereocenters. The Morgan fingerprint density at radius 1 is 1.07 bits per heavy atom. The molecule has 0 spiro atoms. The maximum atomic E-state index is 12.5. The zero-order valence-electron chi connectivity index (χ0n) is 16.8. The minimum Gasteiger partial charge on any atom is -0.367 e. The van der Waals surface area contributed by atoms with E-state index in [0.717, 1.165) is 17.1 Å². The molecule has 0 saturated carbocycles. The highest BCUT2D eigenvalue weighted by atomic mass is 16.2. The van der Waals surface area contributed by atoms with Gasteiger partial charge in [0.1, 0.15) is 5.82 Å². The fourth-order valence-electron chi connectivity index (χ4n) is 3.42. The Bertz CT molecular complexity index is 999. The Balaban J connectivity index is 1.22. The van der Waals surface area contributed by atoms with Crippen LogP contribution >= 0.6 is 0 Å². The highest BCUT2D eigenvalue weighted by molar-refractivity contribution is 6.00. The summed E-state index contributed by atoms with van der Waals surface area (Å²) in [7, 11) is 0. The summed E-state index contributed by atoms with van der Waals surface area (Å²) in [4.78, 5) is 26.5. The molecule has 8 nitrogen and oxygen atoms in total. The number of nitrogens with zero attached hydrogens (tertiary/aromatic N) is 4. The van der Waals surface area contributed by atoms with Crippen molar-refractivity contribution in [3.05, 3.63) is 66.5 Å². The van der Waals surface area contributed by atoms with Crippen molar-refractivity contribution in [1.82, 2.24) is 20.1 Å². The molecule has 3 aromatic rings. The number of rotatable bonds is 7. The quantitative estimate of drug-likeness (QED) is 0.589. The second-order valence-corrected chi connectivity index (χ2v) is 7.33. The van der Waals surface area contributed by atoms with Crippen molar-refractivity contribution in [2.75, 3.05) is 29.9 Å². The van der Waals surface area contributed by atoms with Gasteiger partial charge in [-0.1, -0.05) is 17.7 Å². The average molecular weight is 404 g/mol. The first-order valence-corrected chi connectivity index (χ1v) is 9.96. The lowest BCUT2D eigenvalue weighted by molar-refractivity contribution is -0.126. The SMILES string of the molecule is Cc1ccc(N2CC(C(=O)NCCNc3ccc(-n4cccc4)nn3)CC2=O)cc1. The van der Waals surface area contributed by atoms with E-state index in [4.69, 9.17) is 0 Å². The third-order valence-electron chi connectivity index (χ3n) is 5.09. The molecule has 0 bridgehead atoms. The number of anilines is 2. The third kappa shape index (κ3) is 4.48. The van der Waals surface area contributed by atoms with Gasteiger partial charge in [-0.15, -0.1) is 10.2 Å². The Morgan fingerprint density at radius 2 is 1.83 bits per heavy atom. The molecule has 2 amide bonds. The number of aryl methyl sites for hydroxylation is 1. The van der Waals surface area contributed by atoms with Gasteiger partial charge in [-0.05, 0) is 43.3 Å². The fraction of sp³-hybridized carbons (Fsp3) is 0.273. The van der Waals surface area contributed by atoms with Crippen LogP contribution in [0.1, 0.15) is 12.0 Å². The predicted octanol–water partition coefficient (Wildman–Crippen LogP) is 2.16. The van der Waals surface area contributed by atoms with E-state index >= 15 is 0 Å². The monoisotopic (exact) mass is 404 g/mol. The number of carbonyl (C=O) groups is 2. The van der Waals surface area contributed by atoms with Gasteiger partial charge in [0, 0.05) is 44.1 Å². The predicted molar refractivity (Wildman–Crippen MR) is 114 cm³/mol. The highest BCUT2D eigenvalue weighted by Crippen LogP contribution is 2.25. The number of carbonyl (C=O) groups excluding carboxylic acids is 2. The number of hydrogen-bond donors (Lipinski definition) is 2. The van der Waals surface area contributed by atoms with Crippen molar-refractivity contribution in [3.63, 3.8) is 0 Å². The first kappa shape index (κ1) is 19.6. The van der Waals surface area contributed by atoms with Gasteiger partial charge in [0.25, 0.3) is 0 Å². The summed E-state index contributed by atoms with van der Waals surface area (Å²) in [5, 5.41) is 14.3. The molecule has 1 aromatic carbocycles. The average Bonchev–Trinajstić information content (AvgIpc) is 3.42. The molecule has 4 rings (SSSR count). The topological polar surface area (TPSA) is 92.2 Å². The van der Waals surface area contributed by atoms with Crippen molar-refractivity contribution in [1.29, 1.82) is 0 Å². The number of amides is 2. The third-order valence-corrected chi connectivity index (χ3v) is 5.09. The van der Waals surface area contributed by atoms with Crippen molar-refractivity contribution in [2.24, 2.45) is 5.92 Å². The molecule has 2 aromatic heterocycles. The zero-order valence-corrected chi connectivity index (χ0v) is 16.8. The Labute approximate surface area is 174 Å². The molecule has 0 radical (unpaired) electrons. The van der Waals surface area contributed by atoms with Crippen LogP contribution in [0, 0.1) is 12.8 Å². The van der Waals surface area contributed by atoms with Crippen molar-refractivity contribution in [2.45, 2.75) is 13.3 Å². The second-order valence-electron chi connectivity index (χ2n) is 7.33. The molecular formula is C22H24N6O2. The van der Waals surface area contributed by atoms with Gasteiger partial charge >= 0.3 is 0 Å². The van der Waals surface area contributed by atoms with Crippen LogP contribution in [0.4, 0.5) is 11.5 Å². The molecule has 0 aliphatic carbocycles. The van der Waals surface area contributed by atoms with Crippen molar-refractivity contribution < 1.29 is 9.59 Å². The molecule has 154 valence electrons. The maximum Gasteiger partial charge on any atom is 0.227 e. The normalized spacial score (nSPS) is 16.0. The lowest BCUT2D eigenvalue weighted by atomic mass is 10.1. The van der Waals surface area contributed by atoms with Crippen LogP contribution in [0.15, 0.2) is 60.9 Å². The van der Waals surface area contributed by atoms with Gasteiger partial charge in [-0.2, -0.15) is 0 Å². The summed E-state index contributed by atoms with van der Waals surface area (Å²) in [6.07, 6.45) is 4.04. The smallest absolute Gasteiger partial charge is 0.227 e. The minimum atomic E-state index is -0.334. The van der Waals surface area contributed by atoms with E-state index in [-0.39, 0.29) is 24.2 Å². The zero-order chi connectivity index (χ0) is 20.9. The Morgan fingerprint density at radius 3 is 2.53 bits per heavy atom. The summed E-state index contributed by atoms with van der Waals surface area (Å²) in [6, 6.07) is 15.3. The number of benzene rings is 1. The maximum absolute atomic E-state index is 12.5. The van der Waals surface area contributed by atoms with Gasteiger partial charge in [-0.25, -0.2) is 0 Å². The summed E-state index contributed by atoms with van der Waals surface area (Å²) in [5.41, 5.74) is 1.97. The molecule has 8 heteroatoms. The fourth-order valence-corrected chi connectivity index (χ4v) is 3.42. The van der Waals surface area contributed by atoms with E-state index in [9.17, 15) is 9.59 Å². The first-order chi connectivity index (χ1) is 14.6. The van der Waals surface area contributed by atoms with Gasteiger partial charge in [0.2, 0.25) is 11.8 Å². The van der Waals surface area contributed by atoms with Crippen molar-refractivity contribution in [3.8, 4) is 5.82 Å². The van der Waals surface area contributed by atoms with Crippen LogP contribution in [0.5, 0.6) is 0 Å².